The van der Waals surface area contributed by atoms with Crippen LogP contribution in [0.5, 0.6) is 5.75 Å². The summed E-state index contributed by atoms with van der Waals surface area (Å²) in [5, 5.41) is 12.1. The third-order valence-electron chi connectivity index (χ3n) is 2.25. The van der Waals surface area contributed by atoms with Crippen LogP contribution in [0.2, 0.25) is 0 Å². The summed E-state index contributed by atoms with van der Waals surface area (Å²) >= 11 is 0. The minimum Gasteiger partial charge on any atom is -0.496 e. The Balaban J connectivity index is 2.61. The third kappa shape index (κ3) is 5.01. The van der Waals surface area contributed by atoms with Crippen molar-refractivity contribution in [2.24, 2.45) is 0 Å². The lowest BCUT2D eigenvalue weighted by Gasteiger charge is -2.16. The molecule has 1 amide bonds. The molecule has 18 heavy (non-hydrogen) atoms. The first-order chi connectivity index (χ1) is 8.42. The van der Waals surface area contributed by atoms with Gasteiger partial charge in [0.25, 0.3) is 0 Å². The molecule has 0 aliphatic rings. The van der Waals surface area contributed by atoms with Crippen molar-refractivity contribution in [1.29, 1.82) is 0 Å². The second-order valence-electron chi connectivity index (χ2n) is 4.61. The highest BCUT2D eigenvalue weighted by molar-refractivity contribution is 5.92. The number of nitrogens with one attached hydrogen (secondary N) is 1. The molecule has 0 bridgehead atoms. The van der Waals surface area contributed by atoms with Crippen LogP contribution in [0, 0.1) is 0 Å². The first-order valence-corrected chi connectivity index (χ1v) is 5.74. The average Bonchev–Trinajstić information content (AvgIpc) is 2.33. The van der Waals surface area contributed by atoms with Crippen molar-refractivity contribution in [2.75, 3.05) is 13.7 Å². The van der Waals surface area contributed by atoms with E-state index in [2.05, 4.69) is 5.32 Å². The number of carbonyl (C=O) groups is 1. The van der Waals surface area contributed by atoms with Crippen LogP contribution >= 0.6 is 0 Å². The smallest absolute Gasteiger partial charge is 0.244 e. The van der Waals surface area contributed by atoms with Gasteiger partial charge in [0.2, 0.25) is 5.91 Å². The zero-order valence-corrected chi connectivity index (χ0v) is 10.9. The number of benzene rings is 1. The van der Waals surface area contributed by atoms with Gasteiger partial charge in [0.15, 0.2) is 0 Å². The van der Waals surface area contributed by atoms with Gasteiger partial charge in [0, 0.05) is 18.2 Å². The molecule has 1 rings (SSSR count). The molecule has 0 saturated carbocycles. The summed E-state index contributed by atoms with van der Waals surface area (Å²) in [7, 11) is 1.58. The molecule has 0 aromatic heterocycles. The molecular weight excluding hydrogens is 230 g/mol. The summed E-state index contributed by atoms with van der Waals surface area (Å²) in [6, 6.07) is 7.43. The van der Waals surface area contributed by atoms with E-state index in [1.807, 2.05) is 24.3 Å². The van der Waals surface area contributed by atoms with Crippen LogP contribution < -0.4 is 10.1 Å². The summed E-state index contributed by atoms with van der Waals surface area (Å²) < 4.78 is 5.17. The molecule has 0 aliphatic heterocycles. The van der Waals surface area contributed by atoms with Gasteiger partial charge < -0.3 is 15.2 Å². The van der Waals surface area contributed by atoms with Crippen molar-refractivity contribution in [3.05, 3.63) is 35.9 Å². The lowest BCUT2D eigenvalue weighted by Crippen LogP contribution is -2.37. The topological polar surface area (TPSA) is 58.6 Å². The predicted molar refractivity (Wildman–Crippen MR) is 71.3 cm³/mol. The van der Waals surface area contributed by atoms with E-state index in [0.717, 1.165) is 5.56 Å². The third-order valence-corrected chi connectivity index (χ3v) is 2.25. The van der Waals surface area contributed by atoms with Crippen LogP contribution in [0.1, 0.15) is 19.4 Å². The largest absolute Gasteiger partial charge is 0.496 e. The monoisotopic (exact) mass is 249 g/mol. The summed E-state index contributed by atoms with van der Waals surface area (Å²) in [6.45, 7) is 3.48. The molecule has 0 spiro atoms. The Morgan fingerprint density at radius 1 is 1.44 bits per heavy atom. The van der Waals surface area contributed by atoms with Gasteiger partial charge in [-0.05, 0) is 26.0 Å². The van der Waals surface area contributed by atoms with Crippen molar-refractivity contribution in [1.82, 2.24) is 5.32 Å². The maximum absolute atomic E-state index is 11.5. The minimum atomic E-state index is -0.909. The zero-order valence-electron chi connectivity index (χ0n) is 10.9. The van der Waals surface area contributed by atoms with Gasteiger partial charge in [-0.3, -0.25) is 4.79 Å². The number of methoxy groups -OCH3 is 1. The Labute approximate surface area is 107 Å². The normalized spacial score (nSPS) is 11.6. The SMILES string of the molecule is COc1ccccc1C=CC(=O)NCC(C)(C)O. The molecular formula is C14H19NO3. The Morgan fingerprint density at radius 3 is 2.72 bits per heavy atom. The highest BCUT2D eigenvalue weighted by Crippen LogP contribution is 2.18. The van der Waals surface area contributed by atoms with Gasteiger partial charge in [-0.2, -0.15) is 0 Å². The Bertz CT molecular complexity index is 433. The number of para-hydroxylation sites is 1. The number of rotatable bonds is 5. The molecule has 0 saturated heterocycles. The van der Waals surface area contributed by atoms with Gasteiger partial charge in [0.05, 0.1) is 12.7 Å². The zero-order chi connectivity index (χ0) is 13.6. The lowest BCUT2D eigenvalue weighted by molar-refractivity contribution is -0.117. The molecule has 0 heterocycles. The lowest BCUT2D eigenvalue weighted by atomic mass is 10.1. The molecule has 1 aromatic rings. The maximum atomic E-state index is 11.5. The fourth-order valence-electron chi connectivity index (χ4n) is 1.33. The van der Waals surface area contributed by atoms with E-state index in [1.54, 1.807) is 27.0 Å². The van der Waals surface area contributed by atoms with Crippen LogP contribution in [0.3, 0.4) is 0 Å². The van der Waals surface area contributed by atoms with Crippen molar-refractivity contribution >= 4 is 12.0 Å². The van der Waals surface area contributed by atoms with Crippen molar-refractivity contribution in [3.63, 3.8) is 0 Å². The summed E-state index contributed by atoms with van der Waals surface area (Å²) in [5.74, 6) is 0.465. The van der Waals surface area contributed by atoms with E-state index in [-0.39, 0.29) is 12.5 Å². The minimum absolute atomic E-state index is 0.210. The second-order valence-corrected chi connectivity index (χ2v) is 4.61. The van der Waals surface area contributed by atoms with Crippen LogP contribution in [0.25, 0.3) is 6.08 Å². The Hall–Kier alpha value is -1.81. The number of hydrogen-bond donors (Lipinski definition) is 2. The summed E-state index contributed by atoms with van der Waals surface area (Å²) in [6.07, 6.45) is 3.10. The molecule has 0 aliphatic carbocycles. The summed E-state index contributed by atoms with van der Waals surface area (Å²) in [5.41, 5.74) is -0.0769. The van der Waals surface area contributed by atoms with Gasteiger partial charge in [-0.1, -0.05) is 18.2 Å². The van der Waals surface area contributed by atoms with Gasteiger partial charge >= 0.3 is 0 Å². The number of aliphatic hydroxyl groups is 1. The van der Waals surface area contributed by atoms with E-state index in [9.17, 15) is 9.90 Å². The van der Waals surface area contributed by atoms with E-state index in [1.165, 1.54) is 6.08 Å². The van der Waals surface area contributed by atoms with Crippen LogP contribution in [0.4, 0.5) is 0 Å². The van der Waals surface area contributed by atoms with E-state index in [4.69, 9.17) is 4.74 Å². The molecule has 0 atom stereocenters. The Morgan fingerprint density at radius 2 is 2.11 bits per heavy atom. The molecule has 0 radical (unpaired) electrons. The molecule has 1 aromatic carbocycles. The maximum Gasteiger partial charge on any atom is 0.244 e. The highest BCUT2D eigenvalue weighted by Gasteiger charge is 2.12. The van der Waals surface area contributed by atoms with Gasteiger partial charge in [0.1, 0.15) is 5.75 Å². The van der Waals surface area contributed by atoms with E-state index < -0.39 is 5.60 Å². The van der Waals surface area contributed by atoms with Crippen molar-refractivity contribution in [3.8, 4) is 5.75 Å². The number of ether oxygens (including phenoxy) is 1. The molecule has 2 N–H and O–H groups in total. The first kappa shape index (κ1) is 14.3. The fourth-order valence-corrected chi connectivity index (χ4v) is 1.33. The molecule has 0 fully saturated rings. The number of amides is 1. The standard InChI is InChI=1S/C14H19NO3/c1-14(2,17)10-15-13(16)9-8-11-6-4-5-7-12(11)18-3/h4-9,17H,10H2,1-3H3,(H,15,16). The molecule has 98 valence electrons. The van der Waals surface area contributed by atoms with Gasteiger partial charge in [-0.15, -0.1) is 0 Å². The molecule has 0 unspecified atom stereocenters. The van der Waals surface area contributed by atoms with Crippen LogP contribution in [-0.2, 0) is 4.79 Å². The van der Waals surface area contributed by atoms with Gasteiger partial charge in [-0.25, -0.2) is 0 Å². The molecule has 4 heteroatoms. The Kier molecular flexibility index (Phi) is 4.92. The highest BCUT2D eigenvalue weighted by atomic mass is 16.5. The number of hydrogen-bond acceptors (Lipinski definition) is 3. The quantitative estimate of drug-likeness (QED) is 0.779. The number of carbonyl (C=O) groups excluding carboxylic acids is 1. The van der Waals surface area contributed by atoms with Crippen LogP contribution in [-0.4, -0.2) is 30.3 Å². The van der Waals surface area contributed by atoms with E-state index >= 15 is 0 Å². The van der Waals surface area contributed by atoms with Crippen LogP contribution in [0.15, 0.2) is 30.3 Å². The van der Waals surface area contributed by atoms with Crippen molar-refractivity contribution in [2.45, 2.75) is 19.4 Å². The molecule has 4 nitrogen and oxygen atoms in total. The average molecular weight is 249 g/mol. The second kappa shape index (κ2) is 6.21. The van der Waals surface area contributed by atoms with E-state index in [0.29, 0.717) is 5.75 Å². The fraction of sp³-hybridized carbons (Fsp3) is 0.357. The first-order valence-electron chi connectivity index (χ1n) is 5.74. The predicted octanol–water partition coefficient (Wildman–Crippen LogP) is 1.60. The summed E-state index contributed by atoms with van der Waals surface area (Å²) in [4.78, 5) is 11.5. The van der Waals surface area contributed by atoms with Crippen molar-refractivity contribution < 1.29 is 14.6 Å².